The molecule has 0 N–H and O–H groups in total. The molecule has 0 aliphatic rings. The predicted octanol–water partition coefficient (Wildman–Crippen LogP) is 4.81. The second kappa shape index (κ2) is 7.63. The molecule has 0 saturated heterocycles. The summed E-state index contributed by atoms with van der Waals surface area (Å²) in [4.78, 5) is 12.5. The molecule has 0 bridgehead atoms. The van der Waals surface area contributed by atoms with Crippen molar-refractivity contribution in [2.24, 2.45) is 0 Å². The maximum absolute atomic E-state index is 12.5. The van der Waals surface area contributed by atoms with Crippen molar-refractivity contribution in [3.63, 3.8) is 0 Å². The summed E-state index contributed by atoms with van der Waals surface area (Å²) >= 11 is 1.38. The summed E-state index contributed by atoms with van der Waals surface area (Å²) in [6.45, 7) is 1.89. The number of benzene rings is 2. The Morgan fingerprint density at radius 2 is 1.70 bits per heavy atom. The van der Waals surface area contributed by atoms with Gasteiger partial charge in [0.15, 0.2) is 16.8 Å². The van der Waals surface area contributed by atoms with E-state index in [2.05, 4.69) is 10.2 Å². The molecule has 0 spiro atoms. The van der Waals surface area contributed by atoms with Crippen LogP contribution in [0.25, 0.3) is 17.1 Å². The molecule has 2 heterocycles. The number of thioether (sulfide) groups is 1. The molecule has 0 atom stereocenters. The maximum Gasteiger partial charge on any atom is 0.196 e. The lowest BCUT2D eigenvalue weighted by Crippen LogP contribution is -2.04. The van der Waals surface area contributed by atoms with Crippen LogP contribution >= 0.6 is 11.8 Å². The second-order valence-corrected chi connectivity index (χ2v) is 6.89. The third-order valence-electron chi connectivity index (χ3n) is 4.18. The highest BCUT2D eigenvalue weighted by Crippen LogP contribution is 2.30. The van der Waals surface area contributed by atoms with E-state index in [9.17, 15) is 4.79 Å². The molecular formula is C21H17N3O2S. The summed E-state index contributed by atoms with van der Waals surface area (Å²) in [7, 11) is 0. The number of rotatable bonds is 6. The van der Waals surface area contributed by atoms with Crippen LogP contribution in [0.2, 0.25) is 0 Å². The van der Waals surface area contributed by atoms with Crippen molar-refractivity contribution in [1.82, 2.24) is 14.8 Å². The van der Waals surface area contributed by atoms with E-state index < -0.39 is 0 Å². The summed E-state index contributed by atoms with van der Waals surface area (Å²) in [6.07, 6.45) is 1.64. The molecule has 0 radical (unpaired) electrons. The Bertz CT molecular complexity index is 1060. The highest BCUT2D eigenvalue weighted by atomic mass is 32.2. The van der Waals surface area contributed by atoms with Gasteiger partial charge in [-0.3, -0.25) is 9.36 Å². The van der Waals surface area contributed by atoms with Gasteiger partial charge in [0.25, 0.3) is 0 Å². The Kier molecular flexibility index (Phi) is 4.89. The van der Waals surface area contributed by atoms with Crippen LogP contribution in [0.3, 0.4) is 0 Å². The number of aromatic nitrogens is 3. The largest absolute Gasteiger partial charge is 0.469 e. The average Bonchev–Trinajstić information content (AvgIpc) is 3.33. The van der Waals surface area contributed by atoms with E-state index in [-0.39, 0.29) is 5.78 Å². The summed E-state index contributed by atoms with van der Waals surface area (Å²) in [5.74, 6) is 1.82. The van der Waals surface area contributed by atoms with E-state index in [0.29, 0.717) is 22.3 Å². The molecule has 2 aromatic carbocycles. The first-order valence-electron chi connectivity index (χ1n) is 8.50. The van der Waals surface area contributed by atoms with Crippen molar-refractivity contribution in [2.45, 2.75) is 12.1 Å². The number of ketones is 1. The van der Waals surface area contributed by atoms with Gasteiger partial charge >= 0.3 is 0 Å². The van der Waals surface area contributed by atoms with Crippen molar-refractivity contribution in [3.05, 3.63) is 84.3 Å². The van der Waals surface area contributed by atoms with Gasteiger partial charge in [0.1, 0.15) is 5.76 Å². The van der Waals surface area contributed by atoms with Crippen molar-refractivity contribution in [2.75, 3.05) is 5.75 Å². The lowest BCUT2D eigenvalue weighted by molar-refractivity contribution is 0.102. The lowest BCUT2D eigenvalue weighted by atomic mass is 10.2. The standard InChI is InChI=1S/C21H17N3O2S/c1-15-18(12-13-26-15)20-22-23-21(24(20)17-10-6-3-7-11-17)27-14-19(25)16-8-4-2-5-9-16/h2-13H,14H2,1H3. The molecular weight excluding hydrogens is 358 g/mol. The van der Waals surface area contributed by atoms with Crippen LogP contribution in [0.1, 0.15) is 16.1 Å². The Labute approximate surface area is 161 Å². The average molecular weight is 375 g/mol. The first kappa shape index (κ1) is 17.3. The van der Waals surface area contributed by atoms with E-state index in [4.69, 9.17) is 4.42 Å². The number of para-hydroxylation sites is 1. The molecule has 134 valence electrons. The highest BCUT2D eigenvalue weighted by Gasteiger charge is 2.19. The Balaban J connectivity index is 1.68. The zero-order chi connectivity index (χ0) is 18.6. The minimum atomic E-state index is 0.0595. The first-order valence-corrected chi connectivity index (χ1v) is 9.49. The van der Waals surface area contributed by atoms with Crippen molar-refractivity contribution < 1.29 is 9.21 Å². The molecule has 4 aromatic rings. The molecule has 0 aliphatic heterocycles. The highest BCUT2D eigenvalue weighted by molar-refractivity contribution is 7.99. The van der Waals surface area contributed by atoms with Crippen LogP contribution in [-0.2, 0) is 0 Å². The van der Waals surface area contributed by atoms with Gasteiger partial charge < -0.3 is 4.42 Å². The van der Waals surface area contributed by atoms with E-state index in [1.54, 1.807) is 6.26 Å². The van der Waals surface area contributed by atoms with Gasteiger partial charge in [0, 0.05) is 11.3 Å². The number of furan rings is 1. The minimum Gasteiger partial charge on any atom is -0.469 e. The van der Waals surface area contributed by atoms with E-state index >= 15 is 0 Å². The van der Waals surface area contributed by atoms with E-state index in [0.717, 1.165) is 17.0 Å². The van der Waals surface area contributed by atoms with E-state index in [1.165, 1.54) is 11.8 Å². The zero-order valence-corrected chi connectivity index (χ0v) is 15.5. The first-order chi connectivity index (χ1) is 13.2. The van der Waals surface area contributed by atoms with Crippen LogP contribution in [-0.4, -0.2) is 26.3 Å². The quantitative estimate of drug-likeness (QED) is 0.357. The summed E-state index contributed by atoms with van der Waals surface area (Å²) < 4.78 is 7.39. The number of carbonyl (C=O) groups excluding carboxylic acids is 1. The third-order valence-corrected chi connectivity index (χ3v) is 5.10. The van der Waals surface area contributed by atoms with Crippen molar-refractivity contribution >= 4 is 17.5 Å². The summed E-state index contributed by atoms with van der Waals surface area (Å²) in [5.41, 5.74) is 2.52. The Morgan fingerprint density at radius 3 is 2.37 bits per heavy atom. The number of Topliss-reactive ketones (excluding diaryl/α,β-unsaturated/α-hetero) is 1. The monoisotopic (exact) mass is 375 g/mol. The molecule has 0 amide bonds. The molecule has 27 heavy (non-hydrogen) atoms. The fourth-order valence-electron chi connectivity index (χ4n) is 2.80. The molecule has 4 rings (SSSR count). The van der Waals surface area contributed by atoms with Gasteiger partial charge in [0.05, 0.1) is 17.6 Å². The zero-order valence-electron chi connectivity index (χ0n) is 14.7. The molecule has 0 unspecified atom stereocenters. The van der Waals surface area contributed by atoms with Gasteiger partial charge in [-0.05, 0) is 25.1 Å². The smallest absolute Gasteiger partial charge is 0.196 e. The topological polar surface area (TPSA) is 60.9 Å². The molecule has 0 fully saturated rings. The van der Waals surface area contributed by atoms with Gasteiger partial charge in [-0.15, -0.1) is 10.2 Å². The van der Waals surface area contributed by atoms with Crippen LogP contribution in [0, 0.1) is 6.92 Å². The lowest BCUT2D eigenvalue weighted by Gasteiger charge is -2.09. The molecule has 5 nitrogen and oxygen atoms in total. The Morgan fingerprint density at radius 1 is 1.00 bits per heavy atom. The number of hydrogen-bond donors (Lipinski definition) is 0. The molecule has 0 saturated carbocycles. The maximum atomic E-state index is 12.5. The van der Waals surface area contributed by atoms with Crippen LogP contribution in [0.5, 0.6) is 0 Å². The van der Waals surface area contributed by atoms with Gasteiger partial charge in [-0.25, -0.2) is 0 Å². The summed E-state index contributed by atoms with van der Waals surface area (Å²) in [6, 6.07) is 21.0. The predicted molar refractivity (Wildman–Crippen MR) is 105 cm³/mol. The van der Waals surface area contributed by atoms with Crippen LogP contribution < -0.4 is 0 Å². The normalized spacial score (nSPS) is 10.9. The summed E-state index contributed by atoms with van der Waals surface area (Å²) in [5, 5.41) is 9.37. The third kappa shape index (κ3) is 3.57. The van der Waals surface area contributed by atoms with Gasteiger partial charge in [-0.1, -0.05) is 60.3 Å². The number of carbonyl (C=O) groups is 1. The fourth-order valence-corrected chi connectivity index (χ4v) is 3.65. The number of hydrogen-bond acceptors (Lipinski definition) is 5. The molecule has 2 aromatic heterocycles. The van der Waals surface area contributed by atoms with Crippen molar-refractivity contribution in [3.8, 4) is 17.1 Å². The number of nitrogens with zero attached hydrogens (tertiary/aromatic N) is 3. The van der Waals surface area contributed by atoms with Crippen LogP contribution in [0.4, 0.5) is 0 Å². The van der Waals surface area contributed by atoms with E-state index in [1.807, 2.05) is 78.2 Å². The Hall–Kier alpha value is -3.12. The fraction of sp³-hybridized carbons (Fsp3) is 0.0952. The molecule has 6 heteroatoms. The molecule has 0 aliphatic carbocycles. The van der Waals surface area contributed by atoms with Gasteiger partial charge in [-0.2, -0.15) is 0 Å². The van der Waals surface area contributed by atoms with Crippen LogP contribution in [0.15, 0.2) is 82.6 Å². The SMILES string of the molecule is Cc1occc1-c1nnc(SCC(=O)c2ccccc2)n1-c1ccccc1. The van der Waals surface area contributed by atoms with Gasteiger partial charge in [0.2, 0.25) is 0 Å². The van der Waals surface area contributed by atoms with Crippen molar-refractivity contribution in [1.29, 1.82) is 0 Å². The minimum absolute atomic E-state index is 0.0595. The number of aryl methyl sites for hydroxylation is 1. The second-order valence-electron chi connectivity index (χ2n) is 5.95.